The van der Waals surface area contributed by atoms with Gasteiger partial charge in [0, 0.05) is 13.0 Å². The predicted octanol–water partition coefficient (Wildman–Crippen LogP) is 2.38. The smallest absolute Gasteiger partial charge is 0.262 e. The lowest BCUT2D eigenvalue weighted by Gasteiger charge is -2.12. The van der Waals surface area contributed by atoms with Crippen molar-refractivity contribution in [2.75, 3.05) is 13.1 Å². The van der Waals surface area contributed by atoms with Gasteiger partial charge in [-0.15, -0.1) is 12.4 Å². The molecular formula is C15H21ClF2N2O. The lowest BCUT2D eigenvalue weighted by Crippen LogP contribution is -2.41. The van der Waals surface area contributed by atoms with Crippen molar-refractivity contribution >= 4 is 18.3 Å². The number of rotatable bonds is 4. The van der Waals surface area contributed by atoms with Crippen LogP contribution < -0.4 is 10.6 Å². The van der Waals surface area contributed by atoms with E-state index in [1.54, 1.807) is 0 Å². The number of hydrogen-bond donors (Lipinski definition) is 2. The number of carbonyl (C=O) groups excluding carboxylic acids is 1. The Balaban J connectivity index is 0.00000220. The molecule has 0 bridgehead atoms. The summed E-state index contributed by atoms with van der Waals surface area (Å²) in [5.74, 6) is -3.11. The highest BCUT2D eigenvalue weighted by atomic mass is 35.5. The van der Waals surface area contributed by atoms with Gasteiger partial charge < -0.3 is 5.32 Å². The Morgan fingerprint density at radius 2 is 2.14 bits per heavy atom. The molecule has 0 aliphatic carbocycles. The summed E-state index contributed by atoms with van der Waals surface area (Å²) in [6.45, 7) is 4.11. The first-order chi connectivity index (χ1) is 9.37. The van der Waals surface area contributed by atoms with E-state index >= 15 is 0 Å². The molecule has 1 amide bonds. The van der Waals surface area contributed by atoms with Crippen LogP contribution in [-0.2, 0) is 11.2 Å². The Hall–Kier alpha value is -1.20. The van der Waals surface area contributed by atoms with Crippen LogP contribution in [0, 0.1) is 13.8 Å². The fourth-order valence-corrected chi connectivity index (χ4v) is 2.47. The van der Waals surface area contributed by atoms with Gasteiger partial charge in [-0.2, -0.15) is 0 Å². The van der Waals surface area contributed by atoms with Crippen LogP contribution in [0.15, 0.2) is 18.2 Å². The average Bonchev–Trinajstić information content (AvgIpc) is 2.72. The van der Waals surface area contributed by atoms with Gasteiger partial charge in [-0.05, 0) is 31.4 Å². The first-order valence-electron chi connectivity index (χ1n) is 6.82. The molecule has 0 saturated carbocycles. The topological polar surface area (TPSA) is 41.1 Å². The van der Waals surface area contributed by atoms with Gasteiger partial charge in [-0.3, -0.25) is 10.1 Å². The zero-order valence-corrected chi connectivity index (χ0v) is 13.0. The Kier molecular flexibility index (Phi) is 6.10. The second-order valence-electron chi connectivity index (χ2n) is 5.46. The molecule has 0 radical (unpaired) electrons. The molecule has 1 heterocycles. The summed E-state index contributed by atoms with van der Waals surface area (Å²) in [4.78, 5) is 11.8. The number of carbonyl (C=O) groups is 1. The largest absolute Gasteiger partial charge is 0.354 e. The fraction of sp³-hybridized carbons (Fsp3) is 0.533. The van der Waals surface area contributed by atoms with E-state index in [9.17, 15) is 13.6 Å². The van der Waals surface area contributed by atoms with E-state index in [0.29, 0.717) is 13.0 Å². The number of benzene rings is 1. The molecule has 1 aliphatic rings. The Labute approximate surface area is 129 Å². The predicted molar refractivity (Wildman–Crippen MR) is 81.2 cm³/mol. The number of alkyl halides is 2. The van der Waals surface area contributed by atoms with Crippen LogP contribution in [0.1, 0.15) is 23.1 Å². The monoisotopic (exact) mass is 318 g/mol. The van der Waals surface area contributed by atoms with E-state index in [0.717, 1.165) is 0 Å². The molecule has 3 nitrogen and oxygen atoms in total. The minimum absolute atomic E-state index is 0. The maximum absolute atomic E-state index is 13.0. The summed E-state index contributed by atoms with van der Waals surface area (Å²) >= 11 is 0. The molecule has 1 aliphatic heterocycles. The number of halogens is 3. The molecule has 21 heavy (non-hydrogen) atoms. The molecule has 1 aromatic rings. The highest BCUT2D eigenvalue weighted by Crippen LogP contribution is 2.25. The highest BCUT2D eigenvalue weighted by Gasteiger charge is 2.42. The van der Waals surface area contributed by atoms with Crippen molar-refractivity contribution < 1.29 is 13.6 Å². The molecule has 1 saturated heterocycles. The summed E-state index contributed by atoms with van der Waals surface area (Å²) in [7, 11) is 0. The normalized spacial score (nSPS) is 19.9. The molecule has 1 fully saturated rings. The van der Waals surface area contributed by atoms with Gasteiger partial charge in [-0.25, -0.2) is 8.78 Å². The minimum Gasteiger partial charge on any atom is -0.354 e. The van der Waals surface area contributed by atoms with E-state index in [4.69, 9.17) is 0 Å². The molecule has 118 valence electrons. The third-order valence-corrected chi connectivity index (χ3v) is 3.62. The molecule has 1 unspecified atom stereocenters. The third-order valence-electron chi connectivity index (χ3n) is 3.62. The van der Waals surface area contributed by atoms with Gasteiger partial charge in [0.05, 0.1) is 12.6 Å². The van der Waals surface area contributed by atoms with E-state index < -0.39 is 24.9 Å². The summed E-state index contributed by atoms with van der Waals surface area (Å²) in [6.07, 6.45) is 0.295. The number of aryl methyl sites for hydroxylation is 2. The van der Waals surface area contributed by atoms with Gasteiger partial charge in [0.2, 0.25) is 5.91 Å². The van der Waals surface area contributed by atoms with E-state index in [1.165, 1.54) is 16.7 Å². The molecule has 1 atom stereocenters. The highest BCUT2D eigenvalue weighted by molar-refractivity contribution is 5.85. The molecule has 2 N–H and O–H groups in total. The van der Waals surface area contributed by atoms with Crippen molar-refractivity contribution in [3.63, 3.8) is 0 Å². The molecule has 0 spiro atoms. The van der Waals surface area contributed by atoms with E-state index in [-0.39, 0.29) is 18.3 Å². The maximum Gasteiger partial charge on any atom is 0.262 e. The standard InChI is InChI=1S/C15H20F2N2O.ClH/c1-10-3-4-12(11(2)7-10)5-6-18-14(20)13-8-15(16,17)9-19-13;/h3-4,7,13,19H,5-6,8-9H2,1-2H3,(H,18,20);1H. The summed E-state index contributed by atoms with van der Waals surface area (Å²) in [6, 6.07) is 5.39. The SMILES string of the molecule is Cc1ccc(CCNC(=O)C2CC(F)(F)CN2)c(C)c1.Cl. The van der Waals surface area contributed by atoms with Crippen LogP contribution in [0.4, 0.5) is 8.78 Å². The summed E-state index contributed by atoms with van der Waals surface area (Å²) in [5, 5.41) is 5.27. The van der Waals surface area contributed by atoms with Gasteiger partial charge >= 0.3 is 0 Å². The van der Waals surface area contributed by atoms with Gasteiger partial charge in [0.25, 0.3) is 5.92 Å². The number of nitrogens with one attached hydrogen (secondary N) is 2. The van der Waals surface area contributed by atoms with Crippen molar-refractivity contribution in [1.29, 1.82) is 0 Å². The first-order valence-corrected chi connectivity index (χ1v) is 6.82. The second-order valence-corrected chi connectivity index (χ2v) is 5.46. The zero-order chi connectivity index (χ0) is 14.8. The molecule has 0 aromatic heterocycles. The second kappa shape index (κ2) is 7.18. The lowest BCUT2D eigenvalue weighted by molar-refractivity contribution is -0.123. The number of amides is 1. The van der Waals surface area contributed by atoms with Crippen LogP contribution in [0.5, 0.6) is 0 Å². The van der Waals surface area contributed by atoms with Crippen molar-refractivity contribution in [2.45, 2.75) is 38.7 Å². The van der Waals surface area contributed by atoms with Gasteiger partial charge in [0.15, 0.2) is 0 Å². The van der Waals surface area contributed by atoms with Crippen LogP contribution >= 0.6 is 12.4 Å². The molecule has 1 aromatic carbocycles. The summed E-state index contributed by atoms with van der Waals surface area (Å²) < 4.78 is 26.0. The molecule has 2 rings (SSSR count). The van der Waals surface area contributed by atoms with Gasteiger partial charge in [-0.1, -0.05) is 23.8 Å². The Bertz CT molecular complexity index is 508. The summed E-state index contributed by atoms with van der Waals surface area (Å²) in [5.41, 5.74) is 3.55. The zero-order valence-electron chi connectivity index (χ0n) is 12.2. The third kappa shape index (κ3) is 4.93. The van der Waals surface area contributed by atoms with Gasteiger partial charge in [0.1, 0.15) is 0 Å². The van der Waals surface area contributed by atoms with Crippen LogP contribution in [-0.4, -0.2) is 31.0 Å². The lowest BCUT2D eigenvalue weighted by atomic mass is 10.0. The first kappa shape index (κ1) is 17.9. The van der Waals surface area contributed by atoms with E-state index in [1.807, 2.05) is 26.0 Å². The minimum atomic E-state index is -2.77. The quantitative estimate of drug-likeness (QED) is 0.895. The van der Waals surface area contributed by atoms with Crippen LogP contribution in [0.3, 0.4) is 0 Å². The fourth-order valence-electron chi connectivity index (χ4n) is 2.47. The van der Waals surface area contributed by atoms with Crippen molar-refractivity contribution in [3.05, 3.63) is 34.9 Å². The Morgan fingerprint density at radius 3 is 2.71 bits per heavy atom. The number of hydrogen-bond acceptors (Lipinski definition) is 2. The van der Waals surface area contributed by atoms with E-state index in [2.05, 4.69) is 16.7 Å². The average molecular weight is 319 g/mol. The Morgan fingerprint density at radius 1 is 1.43 bits per heavy atom. The maximum atomic E-state index is 13.0. The molecule has 6 heteroatoms. The van der Waals surface area contributed by atoms with Crippen molar-refractivity contribution in [3.8, 4) is 0 Å². The van der Waals surface area contributed by atoms with Crippen LogP contribution in [0.25, 0.3) is 0 Å². The molecular weight excluding hydrogens is 298 g/mol. The van der Waals surface area contributed by atoms with Crippen molar-refractivity contribution in [1.82, 2.24) is 10.6 Å². The van der Waals surface area contributed by atoms with Crippen LogP contribution in [0.2, 0.25) is 0 Å². The van der Waals surface area contributed by atoms with Crippen molar-refractivity contribution in [2.24, 2.45) is 0 Å².